The molecule has 4 heteroatoms. The second-order valence-corrected chi connectivity index (χ2v) is 4.71. The monoisotopic (exact) mass is 283 g/mol. The lowest BCUT2D eigenvalue weighted by molar-refractivity contribution is 0.148. The number of carbonyl (C=O) groups is 1. The lowest BCUT2D eigenvalue weighted by Crippen LogP contribution is -2.27. The topological polar surface area (TPSA) is 38.3 Å². The van der Waals surface area contributed by atoms with Crippen LogP contribution in [-0.4, -0.2) is 12.7 Å². The smallest absolute Gasteiger partial charge is 0.407 e. The molecule has 2 rings (SSSR count). The van der Waals surface area contributed by atoms with Crippen molar-refractivity contribution in [3.05, 3.63) is 33.8 Å². The Labute approximate surface area is 103 Å². The lowest BCUT2D eigenvalue weighted by Gasteiger charge is -2.13. The second-order valence-electron chi connectivity index (χ2n) is 3.80. The van der Waals surface area contributed by atoms with E-state index in [4.69, 9.17) is 4.74 Å². The number of hydrogen-bond donors (Lipinski definition) is 1. The number of fused-ring (bicyclic) bond motifs is 1. The second kappa shape index (κ2) is 4.87. The number of ether oxygens (including phenoxy) is 1. The van der Waals surface area contributed by atoms with Crippen molar-refractivity contribution in [3.63, 3.8) is 0 Å². The van der Waals surface area contributed by atoms with E-state index in [0.717, 1.165) is 17.3 Å². The van der Waals surface area contributed by atoms with Gasteiger partial charge in [-0.2, -0.15) is 0 Å². The van der Waals surface area contributed by atoms with E-state index in [9.17, 15) is 4.79 Å². The molecule has 3 nitrogen and oxygen atoms in total. The van der Waals surface area contributed by atoms with Gasteiger partial charge in [-0.15, -0.1) is 0 Å². The van der Waals surface area contributed by atoms with Crippen LogP contribution in [0.25, 0.3) is 0 Å². The third-order valence-electron chi connectivity index (χ3n) is 2.75. The Morgan fingerprint density at radius 1 is 1.62 bits per heavy atom. The van der Waals surface area contributed by atoms with E-state index in [-0.39, 0.29) is 12.1 Å². The molecule has 0 aliphatic heterocycles. The third-order valence-corrected chi connectivity index (χ3v) is 3.24. The van der Waals surface area contributed by atoms with Crippen LogP contribution >= 0.6 is 15.9 Å². The molecule has 86 valence electrons. The van der Waals surface area contributed by atoms with Gasteiger partial charge in [0, 0.05) is 4.47 Å². The molecule has 1 unspecified atom stereocenters. The van der Waals surface area contributed by atoms with E-state index in [2.05, 4.69) is 33.4 Å². The number of nitrogens with one attached hydrogen (secondary N) is 1. The summed E-state index contributed by atoms with van der Waals surface area (Å²) in [7, 11) is 0. The van der Waals surface area contributed by atoms with E-state index in [1.165, 1.54) is 11.1 Å². The first kappa shape index (κ1) is 11.5. The highest BCUT2D eigenvalue weighted by Crippen LogP contribution is 2.32. The number of halogens is 1. The maximum Gasteiger partial charge on any atom is 0.407 e. The van der Waals surface area contributed by atoms with Crippen molar-refractivity contribution in [1.29, 1.82) is 0 Å². The van der Waals surface area contributed by atoms with E-state index in [0.29, 0.717) is 6.61 Å². The van der Waals surface area contributed by atoms with Crippen molar-refractivity contribution in [1.82, 2.24) is 5.32 Å². The van der Waals surface area contributed by atoms with Gasteiger partial charge in [-0.3, -0.25) is 0 Å². The van der Waals surface area contributed by atoms with Crippen LogP contribution in [0.1, 0.15) is 30.5 Å². The van der Waals surface area contributed by atoms with Crippen LogP contribution in [0.4, 0.5) is 4.79 Å². The van der Waals surface area contributed by atoms with E-state index in [1.54, 1.807) is 6.92 Å². The molecule has 1 aromatic carbocycles. The van der Waals surface area contributed by atoms with Gasteiger partial charge in [0.15, 0.2) is 0 Å². The molecule has 1 aliphatic carbocycles. The van der Waals surface area contributed by atoms with Crippen LogP contribution < -0.4 is 5.32 Å². The summed E-state index contributed by atoms with van der Waals surface area (Å²) in [5.74, 6) is 0. The quantitative estimate of drug-likeness (QED) is 0.905. The Bertz CT molecular complexity index is 406. The number of amides is 1. The number of rotatable bonds is 2. The van der Waals surface area contributed by atoms with Gasteiger partial charge in [0.25, 0.3) is 0 Å². The Kier molecular flexibility index (Phi) is 3.49. The van der Waals surface area contributed by atoms with Gasteiger partial charge in [0.05, 0.1) is 12.6 Å². The molecule has 0 radical (unpaired) electrons. The fourth-order valence-electron chi connectivity index (χ4n) is 2.05. The minimum atomic E-state index is -0.330. The van der Waals surface area contributed by atoms with Gasteiger partial charge >= 0.3 is 6.09 Å². The van der Waals surface area contributed by atoms with Crippen molar-refractivity contribution in [3.8, 4) is 0 Å². The lowest BCUT2D eigenvalue weighted by atomic mass is 10.1. The van der Waals surface area contributed by atoms with Crippen molar-refractivity contribution in [2.45, 2.75) is 25.8 Å². The van der Waals surface area contributed by atoms with Crippen LogP contribution in [0.15, 0.2) is 22.7 Å². The van der Waals surface area contributed by atoms with E-state index >= 15 is 0 Å². The van der Waals surface area contributed by atoms with Gasteiger partial charge in [-0.25, -0.2) is 4.79 Å². The molecule has 1 aromatic rings. The summed E-state index contributed by atoms with van der Waals surface area (Å²) < 4.78 is 5.97. The Morgan fingerprint density at radius 3 is 3.19 bits per heavy atom. The summed E-state index contributed by atoms with van der Waals surface area (Å²) >= 11 is 3.45. The van der Waals surface area contributed by atoms with Gasteiger partial charge < -0.3 is 10.1 Å². The Morgan fingerprint density at radius 2 is 2.44 bits per heavy atom. The minimum Gasteiger partial charge on any atom is -0.450 e. The molecule has 0 aromatic heterocycles. The first-order valence-electron chi connectivity index (χ1n) is 5.42. The van der Waals surface area contributed by atoms with Gasteiger partial charge in [0.1, 0.15) is 0 Å². The highest BCUT2D eigenvalue weighted by atomic mass is 79.9. The Hall–Kier alpha value is -1.03. The molecular weight excluding hydrogens is 270 g/mol. The summed E-state index contributed by atoms with van der Waals surface area (Å²) in [5.41, 5.74) is 2.51. The highest BCUT2D eigenvalue weighted by Gasteiger charge is 2.24. The average molecular weight is 284 g/mol. The fourth-order valence-corrected chi connectivity index (χ4v) is 2.46. The fraction of sp³-hybridized carbons (Fsp3) is 0.417. The number of benzene rings is 1. The zero-order chi connectivity index (χ0) is 11.5. The van der Waals surface area contributed by atoms with Crippen molar-refractivity contribution < 1.29 is 9.53 Å². The molecule has 16 heavy (non-hydrogen) atoms. The average Bonchev–Trinajstić information content (AvgIpc) is 2.61. The minimum absolute atomic E-state index is 0.0992. The number of carbonyl (C=O) groups excluding carboxylic acids is 1. The van der Waals surface area contributed by atoms with Gasteiger partial charge in [0.2, 0.25) is 0 Å². The Balaban J connectivity index is 2.09. The predicted molar refractivity (Wildman–Crippen MR) is 65.4 cm³/mol. The maximum atomic E-state index is 11.3. The van der Waals surface area contributed by atoms with Crippen LogP contribution in [0.2, 0.25) is 0 Å². The summed E-state index contributed by atoms with van der Waals surface area (Å²) in [4.78, 5) is 11.3. The molecular formula is C12H14BrNO2. The number of alkyl carbamates (subject to hydrolysis) is 1. The van der Waals surface area contributed by atoms with E-state index in [1.807, 2.05) is 6.07 Å². The van der Waals surface area contributed by atoms with Gasteiger partial charge in [-0.1, -0.05) is 22.0 Å². The summed E-state index contributed by atoms with van der Waals surface area (Å²) in [5, 5.41) is 2.88. The number of aryl methyl sites for hydroxylation is 1. The molecule has 0 saturated carbocycles. The van der Waals surface area contributed by atoms with Crippen LogP contribution in [-0.2, 0) is 11.2 Å². The molecule has 1 aliphatic rings. The zero-order valence-corrected chi connectivity index (χ0v) is 10.7. The third kappa shape index (κ3) is 2.38. The van der Waals surface area contributed by atoms with Gasteiger partial charge in [-0.05, 0) is 43.0 Å². The van der Waals surface area contributed by atoms with Crippen molar-refractivity contribution in [2.75, 3.05) is 6.61 Å². The molecule has 1 amide bonds. The van der Waals surface area contributed by atoms with Crippen molar-refractivity contribution >= 4 is 22.0 Å². The summed E-state index contributed by atoms with van der Waals surface area (Å²) in [6.45, 7) is 2.21. The molecule has 0 spiro atoms. The SMILES string of the molecule is CCOC(=O)NC1CCc2cc(Br)ccc21. The first-order valence-corrected chi connectivity index (χ1v) is 6.21. The molecule has 0 saturated heterocycles. The molecule has 1 atom stereocenters. The maximum absolute atomic E-state index is 11.3. The molecule has 1 N–H and O–H groups in total. The van der Waals surface area contributed by atoms with E-state index < -0.39 is 0 Å². The normalized spacial score (nSPS) is 18.0. The molecule has 0 heterocycles. The summed E-state index contributed by atoms with van der Waals surface area (Å²) in [6.07, 6.45) is 1.62. The highest BCUT2D eigenvalue weighted by molar-refractivity contribution is 9.10. The summed E-state index contributed by atoms with van der Waals surface area (Å²) in [6, 6.07) is 6.28. The molecule has 0 bridgehead atoms. The van der Waals surface area contributed by atoms with Crippen molar-refractivity contribution in [2.24, 2.45) is 0 Å². The van der Waals surface area contributed by atoms with Crippen LogP contribution in [0.3, 0.4) is 0 Å². The predicted octanol–water partition coefficient (Wildman–Crippen LogP) is 3.18. The zero-order valence-electron chi connectivity index (χ0n) is 9.13. The largest absolute Gasteiger partial charge is 0.450 e. The number of hydrogen-bond acceptors (Lipinski definition) is 2. The standard InChI is InChI=1S/C12H14BrNO2/c1-2-16-12(15)14-11-6-3-8-7-9(13)4-5-10(8)11/h4-5,7,11H,2-3,6H2,1H3,(H,14,15). The molecule has 0 fully saturated rings. The van der Waals surface area contributed by atoms with Crippen LogP contribution in [0, 0.1) is 0 Å². The van der Waals surface area contributed by atoms with Crippen LogP contribution in [0.5, 0.6) is 0 Å². The first-order chi connectivity index (χ1) is 7.70.